The molecular formula is C28H35N3O4. The zero-order valence-corrected chi connectivity index (χ0v) is 20.6. The number of allylic oxidation sites excluding steroid dienone is 3. The molecule has 0 atom stereocenters. The Balaban J connectivity index is 0.000000504. The van der Waals surface area contributed by atoms with E-state index in [0.29, 0.717) is 17.7 Å². The molecule has 0 saturated heterocycles. The number of amides is 1. The first-order valence-electron chi connectivity index (χ1n) is 10.9. The lowest BCUT2D eigenvalue weighted by molar-refractivity contribution is -0.136. The molecule has 0 radical (unpaired) electrons. The van der Waals surface area contributed by atoms with E-state index in [2.05, 4.69) is 30.7 Å². The zero-order chi connectivity index (χ0) is 26.6. The van der Waals surface area contributed by atoms with Crippen LogP contribution in [0.3, 0.4) is 0 Å². The van der Waals surface area contributed by atoms with Crippen LogP contribution >= 0.6 is 0 Å². The fourth-order valence-electron chi connectivity index (χ4n) is 2.51. The standard InChI is InChI=1S/C12H15NO.C8H11NO2.C8H9NO/c1-4-10-5-11(8-14)7-12(6-10)9(2)13-3;1-2-4-7(9)5-3-6-8(10)11;1-7-2-4-8(5-3-7)9-6-10/h5-8,13H,2,4H2,1,3H3;2-5H,1,6,9H2,(H,10,11);2-6H,1H3,(H,9,10)/b;5-3-,7-4+;. The number of nitrogens with two attached hydrogens (primary N) is 1. The van der Waals surface area contributed by atoms with Gasteiger partial charge in [-0.1, -0.05) is 49.9 Å². The van der Waals surface area contributed by atoms with Crippen LogP contribution in [0, 0.1) is 6.92 Å². The van der Waals surface area contributed by atoms with Crippen LogP contribution in [0.5, 0.6) is 0 Å². The normalized spacial score (nSPS) is 10.1. The molecule has 0 aromatic heterocycles. The number of rotatable bonds is 10. The molecule has 0 unspecified atom stereocenters. The molecule has 5 N–H and O–H groups in total. The van der Waals surface area contributed by atoms with E-state index in [1.165, 1.54) is 17.7 Å². The average molecular weight is 478 g/mol. The van der Waals surface area contributed by atoms with Gasteiger partial charge in [-0.05, 0) is 67.0 Å². The number of hydrogen-bond acceptors (Lipinski definition) is 5. The van der Waals surface area contributed by atoms with Gasteiger partial charge in [-0.15, -0.1) is 0 Å². The predicted octanol–water partition coefficient (Wildman–Crippen LogP) is 4.86. The largest absolute Gasteiger partial charge is 0.481 e. The summed E-state index contributed by atoms with van der Waals surface area (Å²) in [6.45, 7) is 11.4. The maximum absolute atomic E-state index is 10.7. The fourth-order valence-corrected chi connectivity index (χ4v) is 2.51. The Morgan fingerprint density at radius 2 is 1.80 bits per heavy atom. The number of hydrogen-bond donors (Lipinski definition) is 4. The first-order chi connectivity index (χ1) is 16.7. The van der Waals surface area contributed by atoms with E-state index in [0.717, 1.165) is 35.2 Å². The summed E-state index contributed by atoms with van der Waals surface area (Å²) >= 11 is 0. The number of aryl methyl sites for hydroxylation is 2. The van der Waals surface area contributed by atoms with Crippen LogP contribution in [-0.4, -0.2) is 30.8 Å². The zero-order valence-electron chi connectivity index (χ0n) is 20.6. The Kier molecular flexibility index (Phi) is 15.8. The number of carbonyl (C=O) groups excluding carboxylic acids is 2. The second-order valence-corrected chi connectivity index (χ2v) is 7.19. The summed E-state index contributed by atoms with van der Waals surface area (Å²) in [4.78, 5) is 30.6. The minimum atomic E-state index is -0.868. The Hall–Kier alpha value is -4.39. The van der Waals surface area contributed by atoms with Crippen molar-refractivity contribution in [2.24, 2.45) is 5.73 Å². The third kappa shape index (κ3) is 14.4. The van der Waals surface area contributed by atoms with Crippen LogP contribution in [0.25, 0.3) is 5.70 Å². The first-order valence-corrected chi connectivity index (χ1v) is 10.9. The van der Waals surface area contributed by atoms with Crippen molar-refractivity contribution in [3.63, 3.8) is 0 Å². The monoisotopic (exact) mass is 477 g/mol. The summed E-state index contributed by atoms with van der Waals surface area (Å²) in [6.07, 6.45) is 8.61. The topological polar surface area (TPSA) is 122 Å². The molecule has 2 aromatic rings. The van der Waals surface area contributed by atoms with Crippen LogP contribution < -0.4 is 16.4 Å². The van der Waals surface area contributed by atoms with Gasteiger partial charge in [-0.3, -0.25) is 14.4 Å². The van der Waals surface area contributed by atoms with E-state index in [1.807, 2.05) is 56.4 Å². The quantitative estimate of drug-likeness (QED) is 0.286. The lowest BCUT2D eigenvalue weighted by Gasteiger charge is -2.07. The van der Waals surface area contributed by atoms with Crippen LogP contribution in [0.15, 0.2) is 85.6 Å². The van der Waals surface area contributed by atoms with Crippen LogP contribution in [-0.2, 0) is 16.0 Å². The van der Waals surface area contributed by atoms with Gasteiger partial charge in [0.1, 0.15) is 6.29 Å². The van der Waals surface area contributed by atoms with E-state index in [1.54, 1.807) is 12.2 Å². The Labute approximate surface area is 207 Å². The Morgan fingerprint density at radius 3 is 2.29 bits per heavy atom. The van der Waals surface area contributed by atoms with Crippen molar-refractivity contribution in [2.45, 2.75) is 26.7 Å². The number of aldehydes is 1. The number of carboxylic acids is 1. The van der Waals surface area contributed by atoms with Crippen LogP contribution in [0.4, 0.5) is 5.69 Å². The summed E-state index contributed by atoms with van der Waals surface area (Å²) in [5.74, 6) is -0.868. The molecule has 2 rings (SSSR count). The van der Waals surface area contributed by atoms with Gasteiger partial charge in [-0.2, -0.15) is 0 Å². The van der Waals surface area contributed by atoms with Gasteiger partial charge in [0.05, 0.1) is 6.42 Å². The SMILES string of the molecule is C=C(NC)c1cc(C=O)cc(CC)c1.C=C/C=C(N)\C=C/CC(=O)O.Cc1ccc(NC=O)cc1. The molecule has 0 aliphatic carbocycles. The highest BCUT2D eigenvalue weighted by molar-refractivity contribution is 5.78. The first kappa shape index (κ1) is 30.6. The van der Waals surface area contributed by atoms with E-state index in [9.17, 15) is 14.4 Å². The van der Waals surface area contributed by atoms with Gasteiger partial charge in [0, 0.05) is 29.7 Å². The number of carbonyl (C=O) groups is 3. The van der Waals surface area contributed by atoms with Crippen molar-refractivity contribution in [2.75, 3.05) is 12.4 Å². The lowest BCUT2D eigenvalue weighted by atomic mass is 10.0. The highest BCUT2D eigenvalue weighted by Gasteiger charge is 2.01. The minimum absolute atomic E-state index is 0.00825. The van der Waals surface area contributed by atoms with E-state index in [4.69, 9.17) is 10.8 Å². The third-order valence-electron chi connectivity index (χ3n) is 4.40. The summed E-state index contributed by atoms with van der Waals surface area (Å²) in [6, 6.07) is 13.4. The molecule has 0 bridgehead atoms. The van der Waals surface area contributed by atoms with Gasteiger partial charge in [0.15, 0.2) is 0 Å². The van der Waals surface area contributed by atoms with Crippen molar-refractivity contribution >= 4 is 30.0 Å². The molecule has 35 heavy (non-hydrogen) atoms. The van der Waals surface area contributed by atoms with E-state index >= 15 is 0 Å². The second kappa shape index (κ2) is 18.1. The summed E-state index contributed by atoms with van der Waals surface area (Å²) in [5.41, 5.74) is 11.6. The Morgan fingerprint density at radius 1 is 1.14 bits per heavy atom. The van der Waals surface area contributed by atoms with Crippen molar-refractivity contribution in [1.29, 1.82) is 0 Å². The molecular weight excluding hydrogens is 442 g/mol. The van der Waals surface area contributed by atoms with Crippen LogP contribution in [0.2, 0.25) is 0 Å². The number of benzene rings is 2. The van der Waals surface area contributed by atoms with Gasteiger partial charge < -0.3 is 21.5 Å². The molecule has 186 valence electrons. The smallest absolute Gasteiger partial charge is 0.307 e. The molecule has 0 spiro atoms. The second-order valence-electron chi connectivity index (χ2n) is 7.19. The van der Waals surface area contributed by atoms with Gasteiger partial charge >= 0.3 is 5.97 Å². The Bertz CT molecular complexity index is 1040. The summed E-state index contributed by atoms with van der Waals surface area (Å²) < 4.78 is 0. The molecule has 1 amide bonds. The number of anilines is 1. The molecule has 7 heteroatoms. The lowest BCUT2D eigenvalue weighted by Crippen LogP contribution is -2.04. The molecule has 0 fully saturated rings. The minimum Gasteiger partial charge on any atom is -0.481 e. The maximum atomic E-state index is 10.7. The van der Waals surface area contributed by atoms with Crippen molar-refractivity contribution in [1.82, 2.24) is 5.32 Å². The molecule has 0 saturated carbocycles. The van der Waals surface area contributed by atoms with Crippen molar-refractivity contribution in [3.05, 3.63) is 108 Å². The molecule has 0 aliphatic rings. The molecule has 0 heterocycles. The molecule has 2 aromatic carbocycles. The van der Waals surface area contributed by atoms with Gasteiger partial charge in [0.2, 0.25) is 6.41 Å². The highest BCUT2D eigenvalue weighted by Crippen LogP contribution is 2.15. The highest BCUT2D eigenvalue weighted by atomic mass is 16.4. The predicted molar refractivity (Wildman–Crippen MR) is 144 cm³/mol. The third-order valence-corrected chi connectivity index (χ3v) is 4.40. The van der Waals surface area contributed by atoms with Crippen LogP contribution in [0.1, 0.15) is 40.4 Å². The van der Waals surface area contributed by atoms with E-state index in [-0.39, 0.29) is 6.42 Å². The summed E-state index contributed by atoms with van der Waals surface area (Å²) in [5, 5.41) is 13.8. The molecule has 0 aliphatic heterocycles. The summed E-state index contributed by atoms with van der Waals surface area (Å²) in [7, 11) is 1.82. The van der Waals surface area contributed by atoms with Crippen molar-refractivity contribution < 1.29 is 19.5 Å². The number of nitrogens with one attached hydrogen (secondary N) is 2. The van der Waals surface area contributed by atoms with Crippen molar-refractivity contribution in [3.8, 4) is 0 Å². The average Bonchev–Trinajstić information content (AvgIpc) is 2.85. The van der Waals surface area contributed by atoms with Gasteiger partial charge in [0.25, 0.3) is 0 Å². The van der Waals surface area contributed by atoms with E-state index < -0.39 is 5.97 Å². The number of aliphatic carboxylic acids is 1. The molecule has 7 nitrogen and oxygen atoms in total. The fraction of sp³-hybridized carbons (Fsp3) is 0.179. The maximum Gasteiger partial charge on any atom is 0.307 e. The number of carboxylic acid groups (broad SMARTS) is 1. The van der Waals surface area contributed by atoms with Gasteiger partial charge in [-0.25, -0.2) is 0 Å².